The first-order valence-corrected chi connectivity index (χ1v) is 11.5. The molecule has 0 saturated heterocycles. The third-order valence-corrected chi connectivity index (χ3v) is 6.22. The van der Waals surface area contributed by atoms with E-state index in [-0.39, 0.29) is 33.0 Å². The van der Waals surface area contributed by atoms with Gasteiger partial charge >= 0.3 is 6.61 Å². The van der Waals surface area contributed by atoms with Gasteiger partial charge in [-0.2, -0.15) is 8.78 Å². The molecule has 10 nitrogen and oxygen atoms in total. The smallest absolute Gasteiger partial charge is 0.387 e. The fraction of sp³-hybridized carbons (Fsp3) is 0.0476. The second-order valence-electron chi connectivity index (χ2n) is 6.91. The minimum absolute atomic E-state index is 0.0881. The van der Waals surface area contributed by atoms with E-state index in [1.165, 1.54) is 30.3 Å². The number of hydrogen-bond donors (Lipinski definition) is 2. The Balaban J connectivity index is 1.77. The lowest BCUT2D eigenvalue weighted by Crippen LogP contribution is -2.16. The van der Waals surface area contributed by atoms with Crippen LogP contribution in [0.4, 0.5) is 31.8 Å². The van der Waals surface area contributed by atoms with Gasteiger partial charge in [0, 0.05) is 18.2 Å². The van der Waals surface area contributed by atoms with Crippen LogP contribution in [0.15, 0.2) is 71.6 Å². The number of aromatic nitrogens is 2. The van der Waals surface area contributed by atoms with Crippen LogP contribution in [0.2, 0.25) is 5.02 Å². The van der Waals surface area contributed by atoms with Crippen molar-refractivity contribution in [3.63, 3.8) is 0 Å². The van der Waals surface area contributed by atoms with Gasteiger partial charge in [-0.05, 0) is 30.3 Å². The Morgan fingerprint density at radius 2 is 1.66 bits per heavy atom. The van der Waals surface area contributed by atoms with E-state index in [2.05, 4.69) is 24.7 Å². The van der Waals surface area contributed by atoms with Crippen LogP contribution >= 0.6 is 11.6 Å². The molecule has 0 unspecified atom stereocenters. The Hall–Kier alpha value is -4.10. The molecule has 4 aromatic rings. The van der Waals surface area contributed by atoms with Crippen molar-refractivity contribution < 1.29 is 26.9 Å². The average molecular weight is 522 g/mol. The van der Waals surface area contributed by atoms with Gasteiger partial charge in [-0.3, -0.25) is 14.8 Å². The van der Waals surface area contributed by atoms with E-state index in [9.17, 15) is 27.3 Å². The summed E-state index contributed by atoms with van der Waals surface area (Å²) >= 11 is 6.17. The van der Waals surface area contributed by atoms with Crippen LogP contribution in [0.5, 0.6) is 5.75 Å². The van der Waals surface area contributed by atoms with Crippen molar-refractivity contribution in [2.75, 3.05) is 10.0 Å². The Bertz CT molecular complexity index is 1540. The van der Waals surface area contributed by atoms with Gasteiger partial charge in [0.25, 0.3) is 15.7 Å². The third-order valence-electron chi connectivity index (χ3n) is 4.56. The number of ether oxygens (including phenoxy) is 1. The monoisotopic (exact) mass is 521 g/mol. The SMILES string of the molecule is O=[N+]([O-])c1cccc(S(=O)(=O)Nc2nc3ccccc3nc2Nc2cc(OC(F)F)ccc2Cl)c1. The molecule has 0 aliphatic heterocycles. The maximum Gasteiger partial charge on any atom is 0.387 e. The lowest BCUT2D eigenvalue weighted by atomic mass is 10.3. The highest BCUT2D eigenvalue weighted by Gasteiger charge is 2.22. The first kappa shape index (κ1) is 24.0. The second-order valence-corrected chi connectivity index (χ2v) is 9.00. The molecule has 0 atom stereocenters. The van der Waals surface area contributed by atoms with E-state index >= 15 is 0 Å². The summed E-state index contributed by atoms with van der Waals surface area (Å²) in [6.45, 7) is -3.07. The minimum Gasteiger partial charge on any atom is -0.435 e. The van der Waals surface area contributed by atoms with Crippen molar-refractivity contribution in [1.29, 1.82) is 0 Å². The molecule has 4 rings (SSSR count). The molecule has 1 aromatic heterocycles. The number of rotatable bonds is 8. The molecular weight excluding hydrogens is 508 g/mol. The number of nitrogens with zero attached hydrogens (tertiary/aromatic N) is 3. The third kappa shape index (κ3) is 5.53. The van der Waals surface area contributed by atoms with E-state index in [4.69, 9.17) is 11.6 Å². The molecule has 0 amide bonds. The molecule has 35 heavy (non-hydrogen) atoms. The highest BCUT2D eigenvalue weighted by atomic mass is 35.5. The maximum atomic E-state index is 13.0. The van der Waals surface area contributed by atoms with Crippen LogP contribution in [0.3, 0.4) is 0 Å². The summed E-state index contributed by atoms with van der Waals surface area (Å²) in [4.78, 5) is 18.6. The highest BCUT2D eigenvalue weighted by Crippen LogP contribution is 2.33. The molecule has 0 saturated carbocycles. The van der Waals surface area contributed by atoms with Crippen molar-refractivity contribution in [3.8, 4) is 5.75 Å². The largest absolute Gasteiger partial charge is 0.435 e. The normalized spacial score (nSPS) is 11.4. The fourth-order valence-electron chi connectivity index (χ4n) is 3.01. The quantitative estimate of drug-likeness (QED) is 0.234. The van der Waals surface area contributed by atoms with Gasteiger partial charge in [0.15, 0.2) is 11.6 Å². The fourth-order valence-corrected chi connectivity index (χ4v) is 4.23. The molecule has 0 aliphatic carbocycles. The number of nitrogens with one attached hydrogen (secondary N) is 2. The second kappa shape index (κ2) is 9.64. The number of nitro benzene ring substituents is 1. The number of anilines is 3. The molecule has 2 N–H and O–H groups in total. The van der Waals surface area contributed by atoms with Crippen molar-refractivity contribution >= 4 is 55.7 Å². The molecule has 0 radical (unpaired) electrons. The predicted molar refractivity (Wildman–Crippen MR) is 125 cm³/mol. The summed E-state index contributed by atoms with van der Waals surface area (Å²) in [6.07, 6.45) is 0. The minimum atomic E-state index is -4.34. The number of halogens is 3. The van der Waals surface area contributed by atoms with Gasteiger partial charge in [-0.25, -0.2) is 18.4 Å². The average Bonchev–Trinajstić information content (AvgIpc) is 2.81. The van der Waals surface area contributed by atoms with Gasteiger partial charge in [0.2, 0.25) is 0 Å². The van der Waals surface area contributed by atoms with E-state index < -0.39 is 27.2 Å². The van der Waals surface area contributed by atoms with E-state index in [1.807, 2.05) is 0 Å². The number of benzene rings is 3. The standard InChI is InChI=1S/C21H14ClF2N5O5S/c22-15-9-8-13(34-21(23)24)11-18(15)27-19-20(26-17-7-2-1-6-16(17)25-19)28-35(32,33)14-5-3-4-12(10-14)29(30)31/h1-11,21H,(H,25,27)(H,26,28). The van der Waals surface area contributed by atoms with Crippen molar-refractivity contribution in [3.05, 3.63) is 81.9 Å². The van der Waals surface area contributed by atoms with E-state index in [1.54, 1.807) is 24.3 Å². The molecule has 0 aliphatic rings. The highest BCUT2D eigenvalue weighted by molar-refractivity contribution is 7.92. The number of hydrogen-bond acceptors (Lipinski definition) is 8. The molecule has 14 heteroatoms. The van der Waals surface area contributed by atoms with Crippen LogP contribution in [-0.2, 0) is 10.0 Å². The van der Waals surface area contributed by atoms with Crippen molar-refractivity contribution in [1.82, 2.24) is 9.97 Å². The summed E-state index contributed by atoms with van der Waals surface area (Å²) in [5.41, 5.74) is 0.406. The van der Waals surface area contributed by atoms with Crippen molar-refractivity contribution in [2.24, 2.45) is 0 Å². The topological polar surface area (TPSA) is 136 Å². The molecular formula is C21H14ClF2N5O5S. The molecule has 0 spiro atoms. The number of fused-ring (bicyclic) bond motifs is 1. The van der Waals surface area contributed by atoms with Gasteiger partial charge in [-0.15, -0.1) is 0 Å². The lowest BCUT2D eigenvalue weighted by molar-refractivity contribution is -0.385. The van der Waals surface area contributed by atoms with E-state index in [0.29, 0.717) is 11.0 Å². The van der Waals surface area contributed by atoms with Gasteiger partial charge in [0.1, 0.15) is 5.75 Å². The number of nitro groups is 1. The Kier molecular flexibility index (Phi) is 6.62. The summed E-state index contributed by atoms with van der Waals surface area (Å²) in [5.74, 6) is -0.556. The Morgan fingerprint density at radius 1 is 0.971 bits per heavy atom. The zero-order valence-electron chi connectivity index (χ0n) is 17.4. The van der Waals surface area contributed by atoms with Crippen LogP contribution < -0.4 is 14.8 Å². The molecule has 3 aromatic carbocycles. The van der Waals surface area contributed by atoms with Gasteiger partial charge in [0.05, 0.1) is 31.6 Å². The van der Waals surface area contributed by atoms with Gasteiger partial charge in [-0.1, -0.05) is 29.8 Å². The lowest BCUT2D eigenvalue weighted by Gasteiger charge is -2.15. The molecule has 0 bridgehead atoms. The molecule has 180 valence electrons. The van der Waals surface area contributed by atoms with Crippen LogP contribution in [0.1, 0.15) is 0 Å². The van der Waals surface area contributed by atoms with Crippen LogP contribution in [-0.4, -0.2) is 29.9 Å². The summed E-state index contributed by atoms with van der Waals surface area (Å²) in [5, 5.41) is 13.9. The predicted octanol–water partition coefficient (Wildman–Crippen LogP) is 5.34. The van der Waals surface area contributed by atoms with Crippen LogP contribution in [0.25, 0.3) is 11.0 Å². The zero-order chi connectivity index (χ0) is 25.2. The van der Waals surface area contributed by atoms with Gasteiger partial charge < -0.3 is 10.1 Å². The molecule has 0 fully saturated rings. The molecule has 1 heterocycles. The summed E-state index contributed by atoms with van der Waals surface area (Å²) in [7, 11) is -4.34. The van der Waals surface area contributed by atoms with E-state index in [0.717, 1.165) is 12.1 Å². The Labute approximate surface area is 201 Å². The number of sulfonamides is 1. The Morgan fingerprint density at radius 3 is 2.31 bits per heavy atom. The first-order valence-electron chi connectivity index (χ1n) is 9.68. The number of non-ortho nitro benzene ring substituents is 1. The number of alkyl halides is 2. The summed E-state index contributed by atoms with van der Waals surface area (Å²) < 4.78 is 57.9. The van der Waals surface area contributed by atoms with Crippen molar-refractivity contribution in [2.45, 2.75) is 11.5 Å². The maximum absolute atomic E-state index is 13.0. The van der Waals surface area contributed by atoms with Crippen LogP contribution in [0, 0.1) is 10.1 Å². The first-order chi connectivity index (χ1) is 16.6. The zero-order valence-corrected chi connectivity index (χ0v) is 18.9. The number of para-hydroxylation sites is 2. The summed E-state index contributed by atoms with van der Waals surface area (Å²) in [6, 6.07) is 14.8.